The predicted molar refractivity (Wildman–Crippen MR) is 73.8 cm³/mol. The summed E-state index contributed by atoms with van der Waals surface area (Å²) in [4.78, 5) is -0.862. The van der Waals surface area contributed by atoms with Crippen molar-refractivity contribution in [2.75, 3.05) is 25.6 Å². The lowest BCUT2D eigenvalue weighted by molar-refractivity contribution is 0.457. The maximum absolute atomic E-state index is 13.7. The standard InChI is InChI=1S/C11H16F2N2O4S2/c1-15(3-4-20(2,16)17)21(18,19)10-6-8(7-14)5-9(12)11(10)13/h5-6H,3-4,7,14H2,1-2H3. The zero-order valence-corrected chi connectivity index (χ0v) is 13.1. The van der Waals surface area contributed by atoms with Crippen LogP contribution in [0.25, 0.3) is 0 Å². The first-order chi connectivity index (χ1) is 9.49. The van der Waals surface area contributed by atoms with Crippen molar-refractivity contribution in [1.82, 2.24) is 4.31 Å². The van der Waals surface area contributed by atoms with Crippen LogP contribution in [0.5, 0.6) is 0 Å². The molecule has 0 heterocycles. The molecule has 1 aromatic rings. The van der Waals surface area contributed by atoms with Gasteiger partial charge in [-0.1, -0.05) is 0 Å². The van der Waals surface area contributed by atoms with Gasteiger partial charge in [0.1, 0.15) is 14.7 Å². The van der Waals surface area contributed by atoms with E-state index in [1.165, 1.54) is 0 Å². The van der Waals surface area contributed by atoms with E-state index in [2.05, 4.69) is 0 Å². The van der Waals surface area contributed by atoms with Crippen molar-refractivity contribution < 1.29 is 25.6 Å². The molecule has 1 aromatic carbocycles. The molecule has 0 aliphatic carbocycles. The molecule has 6 nitrogen and oxygen atoms in total. The summed E-state index contributed by atoms with van der Waals surface area (Å²) in [6.07, 6.45) is 0.947. The second-order valence-corrected chi connectivity index (χ2v) is 8.82. The molecule has 0 radical (unpaired) electrons. The van der Waals surface area contributed by atoms with Crippen LogP contribution in [0, 0.1) is 11.6 Å². The third kappa shape index (κ3) is 4.43. The summed E-state index contributed by atoms with van der Waals surface area (Å²) >= 11 is 0. The summed E-state index contributed by atoms with van der Waals surface area (Å²) in [6, 6.07) is 1.75. The molecule has 0 aromatic heterocycles. The molecule has 0 amide bonds. The third-order valence-corrected chi connectivity index (χ3v) is 5.54. The summed E-state index contributed by atoms with van der Waals surface area (Å²) in [5.41, 5.74) is 5.41. The maximum Gasteiger partial charge on any atom is 0.245 e. The summed E-state index contributed by atoms with van der Waals surface area (Å²) < 4.78 is 74.2. The third-order valence-electron chi connectivity index (χ3n) is 2.76. The molecule has 0 spiro atoms. The molecule has 0 saturated carbocycles. The van der Waals surface area contributed by atoms with Gasteiger partial charge in [-0.2, -0.15) is 4.31 Å². The van der Waals surface area contributed by atoms with E-state index >= 15 is 0 Å². The average molecular weight is 342 g/mol. The monoisotopic (exact) mass is 342 g/mol. The Bertz CT molecular complexity index is 733. The molecule has 21 heavy (non-hydrogen) atoms. The van der Waals surface area contributed by atoms with Crippen LogP contribution in [-0.4, -0.2) is 46.7 Å². The highest BCUT2D eigenvalue weighted by molar-refractivity contribution is 7.91. The number of hydrogen-bond donors (Lipinski definition) is 1. The number of nitrogens with two attached hydrogens (primary N) is 1. The van der Waals surface area contributed by atoms with Crippen LogP contribution in [0.1, 0.15) is 5.56 Å². The van der Waals surface area contributed by atoms with Gasteiger partial charge in [-0.25, -0.2) is 25.6 Å². The molecule has 0 aliphatic rings. The summed E-state index contributed by atoms with van der Waals surface area (Å²) in [7, 11) is -6.65. The van der Waals surface area contributed by atoms with Gasteiger partial charge in [0.2, 0.25) is 10.0 Å². The molecule has 0 fully saturated rings. The number of halogens is 2. The molecular formula is C11H16F2N2O4S2. The molecule has 0 saturated heterocycles. The molecule has 0 aliphatic heterocycles. The summed E-state index contributed by atoms with van der Waals surface area (Å²) in [6.45, 7) is -0.526. The molecule has 120 valence electrons. The van der Waals surface area contributed by atoms with Crippen LogP contribution in [0.2, 0.25) is 0 Å². The Morgan fingerprint density at radius 3 is 2.24 bits per heavy atom. The van der Waals surface area contributed by atoms with E-state index in [-0.39, 0.29) is 18.7 Å². The number of rotatable bonds is 6. The van der Waals surface area contributed by atoms with Crippen molar-refractivity contribution in [1.29, 1.82) is 0 Å². The van der Waals surface area contributed by atoms with Gasteiger partial charge >= 0.3 is 0 Å². The van der Waals surface area contributed by atoms with Gasteiger partial charge in [-0.05, 0) is 17.7 Å². The van der Waals surface area contributed by atoms with Crippen molar-refractivity contribution in [3.05, 3.63) is 29.3 Å². The Balaban J connectivity index is 3.21. The van der Waals surface area contributed by atoms with Gasteiger partial charge in [0.25, 0.3) is 0 Å². The molecule has 0 unspecified atom stereocenters. The van der Waals surface area contributed by atoms with Gasteiger partial charge in [0.05, 0.1) is 5.75 Å². The fraction of sp³-hybridized carbons (Fsp3) is 0.455. The molecule has 10 heteroatoms. The van der Waals surface area contributed by atoms with Crippen LogP contribution >= 0.6 is 0 Å². The van der Waals surface area contributed by atoms with Gasteiger partial charge in [-0.15, -0.1) is 0 Å². The van der Waals surface area contributed by atoms with E-state index in [0.29, 0.717) is 4.31 Å². The first kappa shape index (κ1) is 18.0. The minimum absolute atomic E-state index is 0.115. The zero-order chi connectivity index (χ0) is 16.4. The number of sulfonamides is 1. The second-order valence-electron chi connectivity index (χ2n) is 4.55. The van der Waals surface area contributed by atoms with Gasteiger partial charge < -0.3 is 5.73 Å². The lowest BCUT2D eigenvalue weighted by atomic mass is 10.2. The number of nitrogens with zero attached hydrogens (tertiary/aromatic N) is 1. The lowest BCUT2D eigenvalue weighted by Gasteiger charge is -2.17. The van der Waals surface area contributed by atoms with Gasteiger partial charge in [0, 0.05) is 26.4 Å². The van der Waals surface area contributed by atoms with Crippen LogP contribution in [-0.2, 0) is 26.4 Å². The van der Waals surface area contributed by atoms with Crippen LogP contribution in [0.3, 0.4) is 0 Å². The highest BCUT2D eigenvalue weighted by Crippen LogP contribution is 2.22. The normalized spacial score (nSPS) is 12.9. The Labute approximate surface area is 122 Å². The minimum Gasteiger partial charge on any atom is -0.326 e. The van der Waals surface area contributed by atoms with Gasteiger partial charge in [-0.3, -0.25) is 0 Å². The topological polar surface area (TPSA) is 97.5 Å². The Morgan fingerprint density at radius 1 is 1.19 bits per heavy atom. The zero-order valence-electron chi connectivity index (χ0n) is 11.5. The first-order valence-corrected chi connectivity index (χ1v) is 9.31. The number of benzene rings is 1. The largest absolute Gasteiger partial charge is 0.326 e. The molecule has 0 atom stereocenters. The van der Waals surface area contributed by atoms with E-state index in [9.17, 15) is 25.6 Å². The molecule has 0 bridgehead atoms. The fourth-order valence-corrected chi connectivity index (χ4v) is 3.52. The molecule has 1 rings (SSSR count). The first-order valence-electron chi connectivity index (χ1n) is 5.81. The maximum atomic E-state index is 13.7. The number of sulfone groups is 1. The summed E-state index contributed by atoms with van der Waals surface area (Å²) in [5.74, 6) is -3.27. The molecular weight excluding hydrogens is 326 g/mol. The quantitative estimate of drug-likeness (QED) is 0.790. The van der Waals surface area contributed by atoms with Crippen molar-refractivity contribution in [2.45, 2.75) is 11.4 Å². The minimum atomic E-state index is -4.35. The van der Waals surface area contributed by atoms with E-state index in [1.54, 1.807) is 0 Å². The van der Waals surface area contributed by atoms with E-state index < -0.39 is 42.1 Å². The Morgan fingerprint density at radius 2 is 1.76 bits per heavy atom. The van der Waals surface area contributed by atoms with E-state index in [1.807, 2.05) is 0 Å². The average Bonchev–Trinajstić information content (AvgIpc) is 2.37. The SMILES string of the molecule is CN(CCS(C)(=O)=O)S(=O)(=O)c1cc(CN)cc(F)c1F. The van der Waals surface area contributed by atoms with Gasteiger partial charge in [0.15, 0.2) is 11.6 Å². The Kier molecular flexibility index (Phi) is 5.42. The van der Waals surface area contributed by atoms with Crippen molar-refractivity contribution in [3.63, 3.8) is 0 Å². The second kappa shape index (κ2) is 6.34. The van der Waals surface area contributed by atoms with Crippen LogP contribution < -0.4 is 5.73 Å². The summed E-state index contributed by atoms with van der Waals surface area (Å²) in [5, 5.41) is 0. The van der Waals surface area contributed by atoms with Crippen molar-refractivity contribution in [3.8, 4) is 0 Å². The van der Waals surface area contributed by atoms with E-state index in [4.69, 9.17) is 5.73 Å². The molecule has 2 N–H and O–H groups in total. The fourth-order valence-electron chi connectivity index (χ4n) is 1.51. The van der Waals surface area contributed by atoms with Crippen LogP contribution in [0.4, 0.5) is 8.78 Å². The smallest absolute Gasteiger partial charge is 0.245 e. The number of hydrogen-bond acceptors (Lipinski definition) is 5. The highest BCUT2D eigenvalue weighted by Gasteiger charge is 2.27. The lowest BCUT2D eigenvalue weighted by Crippen LogP contribution is -2.32. The Hall–Kier alpha value is -1.10. The van der Waals surface area contributed by atoms with Crippen LogP contribution in [0.15, 0.2) is 17.0 Å². The highest BCUT2D eigenvalue weighted by atomic mass is 32.2. The van der Waals surface area contributed by atoms with Crippen molar-refractivity contribution in [2.24, 2.45) is 5.73 Å². The van der Waals surface area contributed by atoms with E-state index in [0.717, 1.165) is 25.4 Å². The van der Waals surface area contributed by atoms with Crippen molar-refractivity contribution >= 4 is 19.9 Å². The predicted octanol–water partition coefficient (Wildman–Crippen LogP) is 0.0886.